The molecule has 1 aliphatic heterocycles. The van der Waals surface area contributed by atoms with Crippen molar-refractivity contribution >= 4 is 12.0 Å². The number of aromatic nitrogens is 1. The Morgan fingerprint density at radius 3 is 3.31 bits per heavy atom. The molecule has 0 saturated heterocycles. The summed E-state index contributed by atoms with van der Waals surface area (Å²) in [6.07, 6.45) is 5.97. The lowest BCUT2D eigenvalue weighted by Gasteiger charge is -2.08. The van der Waals surface area contributed by atoms with Crippen LogP contribution in [0.2, 0.25) is 0 Å². The van der Waals surface area contributed by atoms with E-state index in [0.717, 1.165) is 6.54 Å². The highest BCUT2D eigenvalue weighted by Crippen LogP contribution is 2.23. The van der Waals surface area contributed by atoms with Crippen LogP contribution in [0.25, 0.3) is 0 Å². The summed E-state index contributed by atoms with van der Waals surface area (Å²) in [6.45, 7) is 3.06. The number of nitrogens with zero attached hydrogens (tertiary/aromatic N) is 2. The number of hydrogen-bond donors (Lipinski definition) is 1. The van der Waals surface area contributed by atoms with Crippen LogP contribution in [0.15, 0.2) is 23.5 Å². The van der Waals surface area contributed by atoms with Gasteiger partial charge in [0.15, 0.2) is 12.4 Å². The van der Waals surface area contributed by atoms with Gasteiger partial charge in [-0.1, -0.05) is 6.92 Å². The Balaban J connectivity index is 2.48. The molecule has 0 aliphatic carbocycles. The summed E-state index contributed by atoms with van der Waals surface area (Å²) in [7, 11) is 2.04. The van der Waals surface area contributed by atoms with E-state index in [1.165, 1.54) is 11.3 Å². The lowest BCUT2D eigenvalue weighted by Crippen LogP contribution is -2.28. The fourth-order valence-corrected chi connectivity index (χ4v) is 1.57. The first kappa shape index (κ1) is 8.23. The van der Waals surface area contributed by atoms with Crippen LogP contribution in [-0.4, -0.2) is 12.9 Å². The molecule has 0 aromatic carbocycles. The second-order valence-corrected chi connectivity index (χ2v) is 3.52. The van der Waals surface area contributed by atoms with Crippen molar-refractivity contribution < 1.29 is 4.57 Å². The fourth-order valence-electron chi connectivity index (χ4n) is 1.57. The van der Waals surface area contributed by atoms with Gasteiger partial charge in [-0.15, -0.1) is 0 Å². The first-order valence-corrected chi connectivity index (χ1v) is 4.51. The van der Waals surface area contributed by atoms with Gasteiger partial charge in [-0.25, -0.2) is 4.57 Å². The number of aryl methyl sites for hydroxylation is 1. The highest BCUT2D eigenvalue weighted by atomic mass is 15.0. The van der Waals surface area contributed by atoms with Crippen LogP contribution in [0.4, 0.5) is 5.69 Å². The third kappa shape index (κ3) is 1.54. The van der Waals surface area contributed by atoms with Gasteiger partial charge in [-0.2, -0.15) is 0 Å². The van der Waals surface area contributed by atoms with Crippen molar-refractivity contribution in [3.63, 3.8) is 0 Å². The SMILES string of the molecule is CC1CN=CNc2cc[n+](C)cc21. The molecule has 0 bridgehead atoms. The number of pyridine rings is 1. The predicted octanol–water partition coefficient (Wildman–Crippen LogP) is 1.07. The molecule has 0 amide bonds. The van der Waals surface area contributed by atoms with Crippen molar-refractivity contribution in [3.05, 3.63) is 24.0 Å². The summed E-state index contributed by atoms with van der Waals surface area (Å²) in [5.74, 6) is 0.494. The lowest BCUT2D eigenvalue weighted by atomic mass is 10.0. The Kier molecular flexibility index (Phi) is 2.00. The van der Waals surface area contributed by atoms with E-state index >= 15 is 0 Å². The largest absolute Gasteiger partial charge is 0.346 e. The van der Waals surface area contributed by atoms with Crippen LogP contribution in [0.3, 0.4) is 0 Å². The number of anilines is 1. The molecule has 1 N–H and O–H groups in total. The summed E-state index contributed by atoms with van der Waals surface area (Å²) in [4.78, 5) is 4.25. The van der Waals surface area contributed by atoms with Gasteiger partial charge in [-0.05, 0) is 0 Å². The van der Waals surface area contributed by atoms with E-state index in [1.54, 1.807) is 6.34 Å². The van der Waals surface area contributed by atoms with Gasteiger partial charge in [-0.3, -0.25) is 4.99 Å². The monoisotopic (exact) mass is 176 g/mol. The molecule has 2 heterocycles. The minimum absolute atomic E-state index is 0.494. The Hall–Kier alpha value is -1.38. The molecule has 0 radical (unpaired) electrons. The Bertz CT molecular complexity index is 344. The molecule has 3 heteroatoms. The lowest BCUT2D eigenvalue weighted by molar-refractivity contribution is -0.671. The first-order chi connectivity index (χ1) is 6.27. The second kappa shape index (κ2) is 3.17. The van der Waals surface area contributed by atoms with Gasteiger partial charge in [0.2, 0.25) is 0 Å². The van der Waals surface area contributed by atoms with E-state index in [2.05, 4.69) is 34.1 Å². The van der Waals surface area contributed by atoms with Gasteiger partial charge in [0.25, 0.3) is 0 Å². The minimum Gasteiger partial charge on any atom is -0.346 e. The molecule has 1 aliphatic rings. The average Bonchev–Trinajstić information content (AvgIpc) is 2.29. The fraction of sp³-hybridized carbons (Fsp3) is 0.400. The predicted molar refractivity (Wildman–Crippen MR) is 53.0 cm³/mol. The van der Waals surface area contributed by atoms with E-state index in [0.29, 0.717) is 5.92 Å². The van der Waals surface area contributed by atoms with Gasteiger partial charge < -0.3 is 5.32 Å². The van der Waals surface area contributed by atoms with Crippen LogP contribution in [0.5, 0.6) is 0 Å². The molecular formula is C10H14N3+. The molecule has 2 rings (SSSR count). The van der Waals surface area contributed by atoms with Gasteiger partial charge in [0.1, 0.15) is 7.05 Å². The van der Waals surface area contributed by atoms with Gasteiger partial charge in [0, 0.05) is 24.1 Å². The van der Waals surface area contributed by atoms with Crippen molar-refractivity contribution in [1.82, 2.24) is 0 Å². The first-order valence-electron chi connectivity index (χ1n) is 4.51. The maximum atomic E-state index is 4.25. The summed E-state index contributed by atoms with van der Waals surface area (Å²) >= 11 is 0. The van der Waals surface area contributed by atoms with Crippen molar-refractivity contribution in [1.29, 1.82) is 0 Å². The molecule has 0 saturated carbocycles. The minimum atomic E-state index is 0.494. The normalized spacial score (nSPS) is 20.3. The highest BCUT2D eigenvalue weighted by Gasteiger charge is 2.15. The van der Waals surface area contributed by atoms with Crippen molar-refractivity contribution in [3.8, 4) is 0 Å². The van der Waals surface area contributed by atoms with Crippen molar-refractivity contribution in [2.45, 2.75) is 12.8 Å². The van der Waals surface area contributed by atoms with Crippen LogP contribution in [0.1, 0.15) is 18.4 Å². The molecule has 3 nitrogen and oxygen atoms in total. The number of rotatable bonds is 0. The molecule has 0 fully saturated rings. The zero-order valence-corrected chi connectivity index (χ0v) is 7.99. The maximum Gasteiger partial charge on any atom is 0.174 e. The molecular weight excluding hydrogens is 162 g/mol. The Morgan fingerprint density at radius 2 is 2.46 bits per heavy atom. The molecule has 1 aromatic heterocycles. The summed E-state index contributed by atoms with van der Waals surface area (Å²) in [6, 6.07) is 2.09. The van der Waals surface area contributed by atoms with Crippen LogP contribution < -0.4 is 9.88 Å². The number of fused-ring (bicyclic) bond motifs is 1. The zero-order chi connectivity index (χ0) is 9.26. The smallest absolute Gasteiger partial charge is 0.174 e. The van der Waals surface area contributed by atoms with Crippen LogP contribution >= 0.6 is 0 Å². The number of aliphatic imine (C=N–C) groups is 1. The van der Waals surface area contributed by atoms with Gasteiger partial charge >= 0.3 is 0 Å². The number of nitrogens with one attached hydrogen (secondary N) is 1. The third-order valence-electron chi connectivity index (χ3n) is 2.35. The second-order valence-electron chi connectivity index (χ2n) is 3.52. The number of hydrogen-bond acceptors (Lipinski definition) is 2. The molecule has 13 heavy (non-hydrogen) atoms. The van der Waals surface area contributed by atoms with E-state index in [1.807, 2.05) is 13.2 Å². The molecule has 1 aromatic rings. The van der Waals surface area contributed by atoms with E-state index in [9.17, 15) is 0 Å². The van der Waals surface area contributed by atoms with Crippen LogP contribution in [-0.2, 0) is 7.05 Å². The Labute approximate surface area is 78.1 Å². The molecule has 68 valence electrons. The summed E-state index contributed by atoms with van der Waals surface area (Å²) in [5, 5.41) is 3.18. The standard InChI is InChI=1S/C10H13N3/c1-8-5-11-7-12-10-3-4-13(2)6-9(8)10/h3-4,6-8H,5H2,1-2H3/p+1. The maximum absolute atomic E-state index is 4.25. The molecule has 1 unspecified atom stereocenters. The summed E-state index contributed by atoms with van der Waals surface area (Å²) in [5.41, 5.74) is 2.51. The molecule has 1 atom stereocenters. The van der Waals surface area contributed by atoms with Crippen LogP contribution in [0, 0.1) is 0 Å². The Morgan fingerprint density at radius 1 is 1.62 bits per heavy atom. The topological polar surface area (TPSA) is 28.3 Å². The average molecular weight is 176 g/mol. The quantitative estimate of drug-likeness (QED) is 0.588. The highest BCUT2D eigenvalue weighted by molar-refractivity contribution is 5.78. The van der Waals surface area contributed by atoms with E-state index in [4.69, 9.17) is 0 Å². The van der Waals surface area contributed by atoms with Crippen molar-refractivity contribution in [2.75, 3.05) is 11.9 Å². The van der Waals surface area contributed by atoms with Crippen molar-refractivity contribution in [2.24, 2.45) is 12.0 Å². The molecule has 0 spiro atoms. The summed E-state index contributed by atoms with van der Waals surface area (Å²) < 4.78 is 2.07. The van der Waals surface area contributed by atoms with E-state index in [-0.39, 0.29) is 0 Å². The zero-order valence-electron chi connectivity index (χ0n) is 7.99. The van der Waals surface area contributed by atoms with E-state index < -0.39 is 0 Å². The van der Waals surface area contributed by atoms with Gasteiger partial charge in [0.05, 0.1) is 12.0 Å². The third-order valence-corrected chi connectivity index (χ3v) is 2.35.